The van der Waals surface area contributed by atoms with Gasteiger partial charge in [0.15, 0.2) is 0 Å². The van der Waals surface area contributed by atoms with Crippen molar-refractivity contribution in [3.63, 3.8) is 0 Å². The zero-order valence-electron chi connectivity index (χ0n) is 8.13. The van der Waals surface area contributed by atoms with E-state index in [2.05, 4.69) is 4.74 Å². The van der Waals surface area contributed by atoms with Gasteiger partial charge in [0.05, 0.1) is 13.2 Å². The Labute approximate surface area is 87.4 Å². The van der Waals surface area contributed by atoms with E-state index >= 15 is 0 Å². The maximum absolute atomic E-state index is 11.1. The summed E-state index contributed by atoms with van der Waals surface area (Å²) in [7, 11) is -2.53. The first kappa shape index (κ1) is 14.3. The second-order valence-corrected chi connectivity index (χ2v) is 4.11. The van der Waals surface area contributed by atoms with Crippen LogP contribution in [0.15, 0.2) is 0 Å². The molecule has 0 aliphatic rings. The minimum atomic E-state index is -3.93. The minimum Gasteiger partial charge on any atom is -0.480 e. The van der Waals surface area contributed by atoms with Gasteiger partial charge in [-0.05, 0) is 0 Å². The normalized spacial score (nSPS) is 13.7. The summed E-state index contributed by atoms with van der Waals surface area (Å²) in [4.78, 5) is 10.4. The molecule has 0 spiro atoms. The van der Waals surface area contributed by atoms with Crippen molar-refractivity contribution < 1.29 is 28.2 Å². The van der Waals surface area contributed by atoms with Crippen LogP contribution in [0.25, 0.3) is 0 Å². The Bertz CT molecular complexity index is 290. The van der Waals surface area contributed by atoms with Gasteiger partial charge < -0.3 is 14.9 Å². The molecule has 4 N–H and O–H groups in total. The lowest BCUT2D eigenvalue weighted by Gasteiger charge is -2.12. The van der Waals surface area contributed by atoms with Gasteiger partial charge in [0.25, 0.3) is 10.2 Å². The molecule has 15 heavy (non-hydrogen) atoms. The number of carboxylic acid groups (broad SMARTS) is 1. The van der Waals surface area contributed by atoms with Crippen molar-refractivity contribution in [3.05, 3.63) is 0 Å². The molecule has 0 aromatic heterocycles. The number of carbonyl (C=O) groups is 1. The van der Waals surface area contributed by atoms with Crippen molar-refractivity contribution in [3.8, 4) is 0 Å². The molecule has 0 heterocycles. The number of aliphatic carboxylic acids is 1. The van der Waals surface area contributed by atoms with E-state index < -0.39 is 28.8 Å². The van der Waals surface area contributed by atoms with E-state index in [1.165, 1.54) is 7.11 Å². The summed E-state index contributed by atoms with van der Waals surface area (Å²) < 4.78 is 30.6. The molecule has 0 bridgehead atoms. The summed E-state index contributed by atoms with van der Waals surface area (Å²) in [5.74, 6) is -1.45. The standard InChI is InChI=1S/C6H14N2O6S/c1-14-3-2-7-15(12,13)8-5(4-9)6(10)11/h5,7-9H,2-4H2,1H3,(H,10,11). The Kier molecular flexibility index (Phi) is 6.36. The van der Waals surface area contributed by atoms with Gasteiger partial charge in [0.1, 0.15) is 6.04 Å². The first-order chi connectivity index (χ1) is 6.93. The van der Waals surface area contributed by atoms with Crippen molar-refractivity contribution >= 4 is 16.2 Å². The Hall–Kier alpha value is -0.740. The van der Waals surface area contributed by atoms with Crippen molar-refractivity contribution in [2.45, 2.75) is 6.04 Å². The van der Waals surface area contributed by atoms with Crippen LogP contribution in [-0.2, 0) is 19.7 Å². The summed E-state index contributed by atoms with van der Waals surface area (Å²) in [6, 6.07) is -1.55. The van der Waals surface area contributed by atoms with Crippen LogP contribution in [0.4, 0.5) is 0 Å². The van der Waals surface area contributed by atoms with Crippen LogP contribution >= 0.6 is 0 Å². The molecule has 0 radical (unpaired) electrons. The van der Waals surface area contributed by atoms with Crippen LogP contribution in [0.1, 0.15) is 0 Å². The van der Waals surface area contributed by atoms with E-state index in [0.717, 1.165) is 0 Å². The number of rotatable bonds is 8. The van der Waals surface area contributed by atoms with Gasteiger partial charge in [-0.3, -0.25) is 4.79 Å². The number of carboxylic acids is 1. The van der Waals surface area contributed by atoms with Gasteiger partial charge in [0, 0.05) is 13.7 Å². The molecule has 1 atom stereocenters. The molecular formula is C6H14N2O6S. The molecule has 1 unspecified atom stereocenters. The van der Waals surface area contributed by atoms with Gasteiger partial charge in [-0.2, -0.15) is 17.9 Å². The van der Waals surface area contributed by atoms with Crippen molar-refractivity contribution in [1.29, 1.82) is 0 Å². The lowest BCUT2D eigenvalue weighted by atomic mass is 10.3. The lowest BCUT2D eigenvalue weighted by molar-refractivity contribution is -0.139. The molecule has 90 valence electrons. The van der Waals surface area contributed by atoms with E-state index in [1.54, 1.807) is 4.72 Å². The van der Waals surface area contributed by atoms with Crippen LogP contribution in [0.2, 0.25) is 0 Å². The molecule has 0 aliphatic carbocycles. The van der Waals surface area contributed by atoms with Crippen LogP contribution in [-0.4, -0.2) is 57.5 Å². The monoisotopic (exact) mass is 242 g/mol. The number of nitrogens with one attached hydrogen (secondary N) is 2. The van der Waals surface area contributed by atoms with Crippen molar-refractivity contribution in [2.75, 3.05) is 26.9 Å². The van der Waals surface area contributed by atoms with E-state index in [9.17, 15) is 13.2 Å². The Morgan fingerprint density at radius 2 is 2.13 bits per heavy atom. The smallest absolute Gasteiger partial charge is 0.324 e. The summed E-state index contributed by atoms with van der Waals surface area (Å²) in [6.45, 7) is -0.637. The second kappa shape index (κ2) is 6.69. The first-order valence-corrected chi connectivity index (χ1v) is 5.50. The average molecular weight is 242 g/mol. The highest BCUT2D eigenvalue weighted by Crippen LogP contribution is 1.86. The van der Waals surface area contributed by atoms with E-state index in [-0.39, 0.29) is 13.2 Å². The fraction of sp³-hybridized carbons (Fsp3) is 0.833. The van der Waals surface area contributed by atoms with Gasteiger partial charge in [-0.25, -0.2) is 0 Å². The second-order valence-electron chi connectivity index (χ2n) is 2.58. The molecule has 8 nitrogen and oxygen atoms in total. The molecular weight excluding hydrogens is 228 g/mol. The fourth-order valence-corrected chi connectivity index (χ4v) is 1.66. The number of hydrogen-bond acceptors (Lipinski definition) is 5. The summed E-state index contributed by atoms with van der Waals surface area (Å²) in [5.41, 5.74) is 0. The highest BCUT2D eigenvalue weighted by molar-refractivity contribution is 7.87. The molecule has 0 fully saturated rings. The third kappa shape index (κ3) is 6.36. The number of aliphatic hydroxyl groups excluding tert-OH is 1. The summed E-state index contributed by atoms with van der Waals surface area (Å²) in [5, 5.41) is 17.0. The van der Waals surface area contributed by atoms with E-state index in [4.69, 9.17) is 10.2 Å². The zero-order chi connectivity index (χ0) is 11.9. The van der Waals surface area contributed by atoms with Gasteiger partial charge in [-0.15, -0.1) is 0 Å². The highest BCUT2D eigenvalue weighted by atomic mass is 32.2. The topological polar surface area (TPSA) is 125 Å². The molecule has 0 aliphatic heterocycles. The van der Waals surface area contributed by atoms with Crippen LogP contribution in [0.5, 0.6) is 0 Å². The predicted octanol–water partition coefficient (Wildman–Crippen LogP) is -2.50. The Morgan fingerprint density at radius 1 is 1.53 bits per heavy atom. The molecule has 0 saturated heterocycles. The molecule has 0 amide bonds. The van der Waals surface area contributed by atoms with Crippen LogP contribution < -0.4 is 9.44 Å². The first-order valence-electron chi connectivity index (χ1n) is 4.02. The zero-order valence-corrected chi connectivity index (χ0v) is 8.95. The minimum absolute atomic E-state index is 0.0175. The largest absolute Gasteiger partial charge is 0.480 e. The van der Waals surface area contributed by atoms with Gasteiger partial charge in [-0.1, -0.05) is 0 Å². The number of ether oxygens (including phenoxy) is 1. The molecule has 9 heteroatoms. The number of methoxy groups -OCH3 is 1. The summed E-state index contributed by atoms with van der Waals surface area (Å²) in [6.07, 6.45) is 0. The van der Waals surface area contributed by atoms with Crippen LogP contribution in [0.3, 0.4) is 0 Å². The average Bonchev–Trinajstić information content (AvgIpc) is 2.14. The van der Waals surface area contributed by atoms with Crippen LogP contribution in [0, 0.1) is 0 Å². The molecule has 0 aromatic rings. The highest BCUT2D eigenvalue weighted by Gasteiger charge is 2.22. The van der Waals surface area contributed by atoms with Crippen molar-refractivity contribution in [2.24, 2.45) is 0 Å². The van der Waals surface area contributed by atoms with E-state index in [0.29, 0.717) is 0 Å². The third-order valence-corrected chi connectivity index (χ3v) is 2.56. The molecule has 0 aromatic carbocycles. The van der Waals surface area contributed by atoms with E-state index in [1.807, 2.05) is 4.72 Å². The van der Waals surface area contributed by atoms with Gasteiger partial charge >= 0.3 is 5.97 Å². The third-order valence-electron chi connectivity index (χ3n) is 1.38. The maximum Gasteiger partial charge on any atom is 0.324 e. The molecule has 0 saturated carbocycles. The Morgan fingerprint density at radius 3 is 2.53 bits per heavy atom. The quantitative estimate of drug-likeness (QED) is 0.349. The maximum atomic E-state index is 11.1. The number of aliphatic hydroxyl groups is 1. The SMILES string of the molecule is COCCNS(=O)(=O)NC(CO)C(=O)O. The van der Waals surface area contributed by atoms with Gasteiger partial charge in [0.2, 0.25) is 0 Å². The predicted molar refractivity (Wildman–Crippen MR) is 50.4 cm³/mol. The molecule has 0 rings (SSSR count). The fourth-order valence-electron chi connectivity index (χ4n) is 0.673. The Balaban J connectivity index is 4.17. The number of hydrogen-bond donors (Lipinski definition) is 4. The lowest BCUT2D eigenvalue weighted by Crippen LogP contribution is -2.48. The summed E-state index contributed by atoms with van der Waals surface area (Å²) >= 11 is 0. The van der Waals surface area contributed by atoms with Crippen molar-refractivity contribution in [1.82, 2.24) is 9.44 Å².